The number of benzene rings is 1. The molecule has 0 bridgehead atoms. The zero-order valence-corrected chi connectivity index (χ0v) is 11.9. The first-order chi connectivity index (χ1) is 9.20. The van der Waals surface area contributed by atoms with Crippen LogP contribution in [-0.2, 0) is 0 Å². The molecule has 19 heavy (non-hydrogen) atoms. The van der Waals surface area contributed by atoms with E-state index in [1.165, 1.54) is 5.56 Å². The number of ether oxygens (including phenoxy) is 1. The maximum Gasteiger partial charge on any atom is 0.191 e. The van der Waals surface area contributed by atoms with Gasteiger partial charge < -0.3 is 15.4 Å². The average molecular weight is 261 g/mol. The normalized spacial score (nSPS) is 18.7. The monoisotopic (exact) mass is 261 g/mol. The Hall–Kier alpha value is -1.71. The average Bonchev–Trinajstić information content (AvgIpc) is 2.43. The Morgan fingerprint density at radius 1 is 1.42 bits per heavy atom. The third-order valence-electron chi connectivity index (χ3n) is 3.25. The lowest BCUT2D eigenvalue weighted by molar-refractivity contribution is 0.267. The van der Waals surface area contributed by atoms with Crippen LogP contribution in [0.25, 0.3) is 0 Å². The largest absolute Gasteiger partial charge is 0.493 e. The summed E-state index contributed by atoms with van der Waals surface area (Å²) in [7, 11) is 1.80. The zero-order valence-electron chi connectivity index (χ0n) is 11.9. The first-order valence-electron chi connectivity index (χ1n) is 6.89. The van der Waals surface area contributed by atoms with Gasteiger partial charge in [0.05, 0.1) is 6.61 Å². The Labute approximate surface area is 115 Å². The van der Waals surface area contributed by atoms with E-state index in [-0.39, 0.29) is 0 Å². The van der Waals surface area contributed by atoms with Crippen molar-refractivity contribution in [2.45, 2.75) is 32.2 Å². The summed E-state index contributed by atoms with van der Waals surface area (Å²) in [5, 5.41) is 6.70. The van der Waals surface area contributed by atoms with Gasteiger partial charge in [-0.3, -0.25) is 4.99 Å². The van der Waals surface area contributed by atoms with E-state index in [4.69, 9.17) is 4.74 Å². The van der Waals surface area contributed by atoms with Crippen molar-refractivity contribution in [2.75, 3.05) is 20.2 Å². The van der Waals surface area contributed by atoms with Gasteiger partial charge in [-0.1, -0.05) is 18.2 Å². The lowest BCUT2D eigenvalue weighted by Gasteiger charge is -2.27. The summed E-state index contributed by atoms with van der Waals surface area (Å²) >= 11 is 0. The molecule has 1 unspecified atom stereocenters. The van der Waals surface area contributed by atoms with Crippen LogP contribution in [0.4, 0.5) is 0 Å². The topological polar surface area (TPSA) is 45.7 Å². The molecule has 0 radical (unpaired) electrons. The van der Waals surface area contributed by atoms with Crippen LogP contribution in [0.15, 0.2) is 29.3 Å². The molecule has 1 aromatic rings. The summed E-state index contributed by atoms with van der Waals surface area (Å²) in [5.41, 5.74) is 1.29. The highest BCUT2D eigenvalue weighted by atomic mass is 16.5. The van der Waals surface area contributed by atoms with Gasteiger partial charge in [-0.25, -0.2) is 0 Å². The minimum absolute atomic E-state index is 0.383. The molecule has 0 fully saturated rings. The summed E-state index contributed by atoms with van der Waals surface area (Å²) < 4.78 is 5.68. The number of hydrogen-bond donors (Lipinski definition) is 2. The number of aliphatic imine (C=N–C) groups is 1. The minimum atomic E-state index is 0.383. The molecule has 1 atom stereocenters. The standard InChI is InChI=1S/C15H23N3O/c1-11(2)18-15(16-3)17-10-12-8-9-19-14-7-5-4-6-13(12)14/h4-7,11-12H,8-10H2,1-3H3,(H2,16,17,18). The second-order valence-electron chi connectivity index (χ2n) is 5.12. The van der Waals surface area contributed by atoms with Crippen molar-refractivity contribution in [1.82, 2.24) is 10.6 Å². The van der Waals surface area contributed by atoms with Crippen molar-refractivity contribution < 1.29 is 4.74 Å². The second kappa shape index (κ2) is 6.45. The molecule has 2 rings (SSSR count). The molecule has 0 aromatic heterocycles. The van der Waals surface area contributed by atoms with Gasteiger partial charge in [0, 0.05) is 25.6 Å². The summed E-state index contributed by atoms with van der Waals surface area (Å²) in [5.74, 6) is 2.36. The highest BCUT2D eigenvalue weighted by Gasteiger charge is 2.21. The molecular weight excluding hydrogens is 238 g/mol. The van der Waals surface area contributed by atoms with E-state index in [0.29, 0.717) is 12.0 Å². The number of para-hydroxylation sites is 1. The third-order valence-corrected chi connectivity index (χ3v) is 3.25. The van der Waals surface area contributed by atoms with Crippen molar-refractivity contribution in [3.05, 3.63) is 29.8 Å². The quantitative estimate of drug-likeness (QED) is 0.647. The fraction of sp³-hybridized carbons (Fsp3) is 0.533. The van der Waals surface area contributed by atoms with E-state index in [0.717, 1.165) is 31.3 Å². The predicted octanol–water partition coefficient (Wildman–Crippen LogP) is 2.13. The van der Waals surface area contributed by atoms with Crippen molar-refractivity contribution in [1.29, 1.82) is 0 Å². The van der Waals surface area contributed by atoms with Gasteiger partial charge in [-0.05, 0) is 31.9 Å². The van der Waals surface area contributed by atoms with Crippen molar-refractivity contribution in [3.63, 3.8) is 0 Å². The van der Waals surface area contributed by atoms with Gasteiger partial charge in [0.1, 0.15) is 5.75 Å². The molecule has 0 spiro atoms. The molecule has 1 aliphatic rings. The van der Waals surface area contributed by atoms with E-state index in [9.17, 15) is 0 Å². The molecule has 0 amide bonds. The second-order valence-corrected chi connectivity index (χ2v) is 5.12. The van der Waals surface area contributed by atoms with Crippen LogP contribution < -0.4 is 15.4 Å². The van der Waals surface area contributed by atoms with Crippen LogP contribution in [0, 0.1) is 0 Å². The van der Waals surface area contributed by atoms with E-state index in [2.05, 4.69) is 41.6 Å². The van der Waals surface area contributed by atoms with Crippen LogP contribution in [0.3, 0.4) is 0 Å². The number of hydrogen-bond acceptors (Lipinski definition) is 2. The maximum atomic E-state index is 5.68. The number of nitrogens with zero attached hydrogens (tertiary/aromatic N) is 1. The molecule has 0 saturated heterocycles. The van der Waals surface area contributed by atoms with Crippen LogP contribution in [0.5, 0.6) is 5.75 Å². The summed E-state index contributed by atoms with van der Waals surface area (Å²) in [6, 6.07) is 8.67. The number of guanidine groups is 1. The number of fused-ring (bicyclic) bond motifs is 1. The third kappa shape index (κ3) is 3.63. The van der Waals surface area contributed by atoms with E-state index in [1.807, 2.05) is 12.1 Å². The van der Waals surface area contributed by atoms with Gasteiger partial charge in [0.15, 0.2) is 5.96 Å². The predicted molar refractivity (Wildman–Crippen MR) is 78.9 cm³/mol. The van der Waals surface area contributed by atoms with Crippen LogP contribution in [-0.4, -0.2) is 32.2 Å². The van der Waals surface area contributed by atoms with Gasteiger partial charge in [-0.2, -0.15) is 0 Å². The Balaban J connectivity index is 1.97. The number of nitrogens with one attached hydrogen (secondary N) is 2. The van der Waals surface area contributed by atoms with E-state index in [1.54, 1.807) is 7.05 Å². The molecule has 0 saturated carbocycles. The van der Waals surface area contributed by atoms with Gasteiger partial charge >= 0.3 is 0 Å². The summed E-state index contributed by atoms with van der Waals surface area (Å²) in [4.78, 5) is 4.23. The Morgan fingerprint density at radius 2 is 2.21 bits per heavy atom. The van der Waals surface area contributed by atoms with Gasteiger partial charge in [0.2, 0.25) is 0 Å². The molecule has 4 heteroatoms. The summed E-state index contributed by atoms with van der Waals surface area (Å²) in [6.45, 7) is 5.89. The SMILES string of the molecule is CN=C(NCC1CCOc2ccccc21)NC(C)C. The Kier molecular flexibility index (Phi) is 4.66. The molecule has 1 aliphatic heterocycles. The van der Waals surface area contributed by atoms with Crippen LogP contribution >= 0.6 is 0 Å². The summed E-state index contributed by atoms with van der Waals surface area (Å²) in [6.07, 6.45) is 1.04. The van der Waals surface area contributed by atoms with E-state index >= 15 is 0 Å². The minimum Gasteiger partial charge on any atom is -0.493 e. The number of rotatable bonds is 3. The molecule has 1 heterocycles. The lowest BCUT2D eigenvalue weighted by atomic mass is 9.93. The Bertz CT molecular complexity index is 443. The van der Waals surface area contributed by atoms with E-state index < -0.39 is 0 Å². The van der Waals surface area contributed by atoms with Crippen molar-refractivity contribution >= 4 is 5.96 Å². The molecule has 0 aliphatic carbocycles. The van der Waals surface area contributed by atoms with Crippen molar-refractivity contribution in [3.8, 4) is 5.75 Å². The fourth-order valence-electron chi connectivity index (χ4n) is 2.32. The first-order valence-corrected chi connectivity index (χ1v) is 6.89. The zero-order chi connectivity index (χ0) is 13.7. The molecule has 104 valence electrons. The van der Waals surface area contributed by atoms with Crippen molar-refractivity contribution in [2.24, 2.45) is 4.99 Å². The van der Waals surface area contributed by atoms with Gasteiger partial charge in [0.25, 0.3) is 0 Å². The highest BCUT2D eigenvalue weighted by Crippen LogP contribution is 2.32. The van der Waals surface area contributed by atoms with Crippen LogP contribution in [0.2, 0.25) is 0 Å². The van der Waals surface area contributed by atoms with Gasteiger partial charge in [-0.15, -0.1) is 0 Å². The molecular formula is C15H23N3O. The lowest BCUT2D eigenvalue weighted by Crippen LogP contribution is -2.43. The fourth-order valence-corrected chi connectivity index (χ4v) is 2.32. The maximum absolute atomic E-state index is 5.68. The van der Waals surface area contributed by atoms with Crippen LogP contribution in [0.1, 0.15) is 31.7 Å². The molecule has 4 nitrogen and oxygen atoms in total. The molecule has 1 aromatic carbocycles. The smallest absolute Gasteiger partial charge is 0.191 e. The molecule has 2 N–H and O–H groups in total. The highest BCUT2D eigenvalue weighted by molar-refractivity contribution is 5.79. The Morgan fingerprint density at radius 3 is 2.95 bits per heavy atom. The first kappa shape index (κ1) is 13.7.